The predicted octanol–water partition coefficient (Wildman–Crippen LogP) is 2.17. The van der Waals surface area contributed by atoms with Gasteiger partial charge in [0.05, 0.1) is 24.0 Å². The summed E-state index contributed by atoms with van der Waals surface area (Å²) >= 11 is 0. The van der Waals surface area contributed by atoms with Crippen molar-refractivity contribution in [2.45, 2.75) is 32.2 Å². The smallest absolute Gasteiger partial charge is 0.270 e. The van der Waals surface area contributed by atoms with Crippen LogP contribution in [0.1, 0.15) is 30.0 Å². The van der Waals surface area contributed by atoms with Crippen molar-refractivity contribution < 1.29 is 13.2 Å². The van der Waals surface area contributed by atoms with Gasteiger partial charge in [-0.25, -0.2) is 8.42 Å². The standard InChI is InChI=1S/C18H21N5O3S/c1-12(2)27(25,26)21-17-10-14-11-22(7-8-23(14)20-17)18(24)16-9-13-5-3-4-6-15(13)19-16/h3-6,9-10,12,19H,7-8,11H2,1-2H3,(H,20,21). The fourth-order valence-electron chi connectivity index (χ4n) is 3.11. The lowest BCUT2D eigenvalue weighted by atomic mass is 10.2. The van der Waals surface area contributed by atoms with Crippen molar-refractivity contribution in [3.63, 3.8) is 0 Å². The molecule has 0 fully saturated rings. The first kappa shape index (κ1) is 17.6. The van der Waals surface area contributed by atoms with Crippen LogP contribution in [0.25, 0.3) is 10.9 Å². The summed E-state index contributed by atoms with van der Waals surface area (Å²) in [5.41, 5.74) is 2.27. The highest BCUT2D eigenvalue weighted by molar-refractivity contribution is 7.93. The lowest BCUT2D eigenvalue weighted by Gasteiger charge is -2.27. The van der Waals surface area contributed by atoms with E-state index in [2.05, 4.69) is 14.8 Å². The highest BCUT2D eigenvalue weighted by Crippen LogP contribution is 2.21. The van der Waals surface area contributed by atoms with Gasteiger partial charge in [-0.3, -0.25) is 14.2 Å². The van der Waals surface area contributed by atoms with Crippen molar-refractivity contribution in [2.24, 2.45) is 0 Å². The first-order valence-electron chi connectivity index (χ1n) is 8.79. The average molecular weight is 387 g/mol. The van der Waals surface area contributed by atoms with Gasteiger partial charge in [-0.2, -0.15) is 5.10 Å². The SMILES string of the molecule is CC(C)S(=O)(=O)Nc1cc2n(n1)CCN(C(=O)c1cc3ccccc3[nH]1)C2. The van der Waals surface area contributed by atoms with E-state index in [1.807, 2.05) is 30.3 Å². The van der Waals surface area contributed by atoms with E-state index >= 15 is 0 Å². The lowest BCUT2D eigenvalue weighted by Crippen LogP contribution is -2.38. The third-order valence-electron chi connectivity index (χ3n) is 4.71. The van der Waals surface area contributed by atoms with Crippen LogP contribution in [0.4, 0.5) is 5.82 Å². The molecule has 0 saturated heterocycles. The number of nitrogens with zero attached hydrogens (tertiary/aromatic N) is 3. The molecule has 27 heavy (non-hydrogen) atoms. The number of hydrogen-bond acceptors (Lipinski definition) is 4. The number of para-hydroxylation sites is 1. The summed E-state index contributed by atoms with van der Waals surface area (Å²) in [5.74, 6) is 0.210. The monoisotopic (exact) mass is 387 g/mol. The van der Waals surface area contributed by atoms with Crippen LogP contribution in [-0.4, -0.2) is 45.8 Å². The van der Waals surface area contributed by atoms with Gasteiger partial charge in [-0.15, -0.1) is 0 Å². The Kier molecular flexibility index (Phi) is 4.18. The molecule has 1 aliphatic rings. The number of carbonyl (C=O) groups is 1. The zero-order chi connectivity index (χ0) is 19.2. The second kappa shape index (κ2) is 6.41. The molecule has 4 rings (SSSR count). The molecule has 3 heterocycles. The maximum absolute atomic E-state index is 12.9. The molecule has 1 aromatic carbocycles. The molecular weight excluding hydrogens is 366 g/mol. The molecule has 0 unspecified atom stereocenters. The molecule has 3 aromatic rings. The van der Waals surface area contributed by atoms with E-state index in [0.717, 1.165) is 16.6 Å². The number of H-pyrrole nitrogens is 1. The second-order valence-electron chi connectivity index (χ2n) is 6.94. The minimum Gasteiger partial charge on any atom is -0.351 e. The Balaban J connectivity index is 1.53. The third-order valence-corrected chi connectivity index (χ3v) is 6.45. The number of aromatic amines is 1. The Labute approximate surface area is 157 Å². The quantitative estimate of drug-likeness (QED) is 0.716. The number of benzene rings is 1. The first-order chi connectivity index (χ1) is 12.8. The number of nitrogens with one attached hydrogen (secondary N) is 2. The Bertz CT molecular complexity index is 1080. The molecule has 8 nitrogen and oxygen atoms in total. The van der Waals surface area contributed by atoms with E-state index in [1.165, 1.54) is 0 Å². The van der Waals surface area contributed by atoms with E-state index in [-0.39, 0.29) is 5.91 Å². The highest BCUT2D eigenvalue weighted by atomic mass is 32.2. The number of sulfonamides is 1. The summed E-state index contributed by atoms with van der Waals surface area (Å²) < 4.78 is 28.3. The van der Waals surface area contributed by atoms with Gasteiger partial charge in [0, 0.05) is 23.5 Å². The number of hydrogen-bond donors (Lipinski definition) is 2. The molecule has 0 saturated carbocycles. The van der Waals surface area contributed by atoms with Crippen molar-refractivity contribution in [3.8, 4) is 0 Å². The van der Waals surface area contributed by atoms with Crippen LogP contribution < -0.4 is 4.72 Å². The minimum absolute atomic E-state index is 0.0806. The fraction of sp³-hybridized carbons (Fsp3) is 0.333. The van der Waals surface area contributed by atoms with Crippen LogP contribution in [0.5, 0.6) is 0 Å². The van der Waals surface area contributed by atoms with Gasteiger partial charge in [0.25, 0.3) is 5.91 Å². The van der Waals surface area contributed by atoms with Gasteiger partial charge in [0.2, 0.25) is 10.0 Å². The number of amides is 1. The number of anilines is 1. The van der Waals surface area contributed by atoms with Crippen LogP contribution in [0.15, 0.2) is 36.4 Å². The molecule has 1 amide bonds. The van der Waals surface area contributed by atoms with E-state index in [4.69, 9.17) is 0 Å². The molecule has 142 valence electrons. The van der Waals surface area contributed by atoms with Crippen LogP contribution in [0.2, 0.25) is 0 Å². The normalized spacial score (nSPS) is 14.6. The minimum atomic E-state index is -3.45. The average Bonchev–Trinajstić information content (AvgIpc) is 3.22. The fourth-order valence-corrected chi connectivity index (χ4v) is 3.74. The maximum atomic E-state index is 12.9. The number of rotatable bonds is 4. The van der Waals surface area contributed by atoms with E-state index < -0.39 is 15.3 Å². The molecule has 1 aliphatic heterocycles. The third kappa shape index (κ3) is 3.30. The Morgan fingerprint density at radius 1 is 1.22 bits per heavy atom. The largest absolute Gasteiger partial charge is 0.351 e. The topological polar surface area (TPSA) is 100 Å². The summed E-state index contributed by atoms with van der Waals surface area (Å²) in [6.07, 6.45) is 0. The number of fused-ring (bicyclic) bond motifs is 2. The van der Waals surface area contributed by atoms with Gasteiger partial charge < -0.3 is 9.88 Å². The molecule has 2 aromatic heterocycles. The van der Waals surface area contributed by atoms with Crippen molar-refractivity contribution in [1.82, 2.24) is 19.7 Å². The Morgan fingerprint density at radius 3 is 2.74 bits per heavy atom. The maximum Gasteiger partial charge on any atom is 0.270 e. The molecule has 0 aliphatic carbocycles. The molecular formula is C18H21N5O3S. The van der Waals surface area contributed by atoms with Crippen LogP contribution in [0.3, 0.4) is 0 Å². The van der Waals surface area contributed by atoms with Gasteiger partial charge in [0.1, 0.15) is 5.69 Å². The van der Waals surface area contributed by atoms with Gasteiger partial charge in [-0.1, -0.05) is 18.2 Å². The molecule has 9 heteroatoms. The van der Waals surface area contributed by atoms with Crippen LogP contribution >= 0.6 is 0 Å². The second-order valence-corrected chi connectivity index (χ2v) is 9.17. The number of carbonyl (C=O) groups excluding carboxylic acids is 1. The van der Waals surface area contributed by atoms with Crippen molar-refractivity contribution in [1.29, 1.82) is 0 Å². The molecule has 0 spiro atoms. The van der Waals surface area contributed by atoms with Crippen molar-refractivity contribution in [2.75, 3.05) is 11.3 Å². The molecule has 0 radical (unpaired) electrons. The van der Waals surface area contributed by atoms with Crippen molar-refractivity contribution >= 4 is 32.7 Å². The summed E-state index contributed by atoms with van der Waals surface area (Å²) in [7, 11) is -3.45. The lowest BCUT2D eigenvalue weighted by molar-refractivity contribution is 0.0701. The van der Waals surface area contributed by atoms with E-state index in [9.17, 15) is 13.2 Å². The van der Waals surface area contributed by atoms with Crippen LogP contribution in [0, 0.1) is 0 Å². The summed E-state index contributed by atoms with van der Waals surface area (Å²) in [6, 6.07) is 11.3. The molecule has 2 N–H and O–H groups in total. The zero-order valence-corrected chi connectivity index (χ0v) is 16.0. The van der Waals surface area contributed by atoms with E-state index in [1.54, 1.807) is 29.5 Å². The highest BCUT2D eigenvalue weighted by Gasteiger charge is 2.25. The van der Waals surface area contributed by atoms with E-state index in [0.29, 0.717) is 31.1 Å². The predicted molar refractivity (Wildman–Crippen MR) is 103 cm³/mol. The molecule has 0 bridgehead atoms. The van der Waals surface area contributed by atoms with Gasteiger partial charge in [0.15, 0.2) is 5.82 Å². The van der Waals surface area contributed by atoms with Crippen molar-refractivity contribution in [3.05, 3.63) is 47.8 Å². The van der Waals surface area contributed by atoms with Crippen LogP contribution in [-0.2, 0) is 23.1 Å². The number of aromatic nitrogens is 3. The zero-order valence-electron chi connectivity index (χ0n) is 15.1. The Morgan fingerprint density at radius 2 is 2.00 bits per heavy atom. The van der Waals surface area contributed by atoms with Gasteiger partial charge >= 0.3 is 0 Å². The summed E-state index contributed by atoms with van der Waals surface area (Å²) in [5, 5.41) is 4.75. The first-order valence-corrected chi connectivity index (χ1v) is 10.3. The summed E-state index contributed by atoms with van der Waals surface area (Å²) in [4.78, 5) is 17.8. The molecule has 0 atom stereocenters. The Hall–Kier alpha value is -2.81. The summed E-state index contributed by atoms with van der Waals surface area (Å²) in [6.45, 7) is 4.63. The van der Waals surface area contributed by atoms with Gasteiger partial charge in [-0.05, 0) is 26.0 Å².